The summed E-state index contributed by atoms with van der Waals surface area (Å²) in [7, 11) is 0. The van der Waals surface area contributed by atoms with Crippen LogP contribution in [0, 0.1) is 0 Å². The smallest absolute Gasteiger partial charge is 0.270 e. The molecule has 0 bridgehead atoms. The third-order valence-corrected chi connectivity index (χ3v) is 2.55. The first-order chi connectivity index (χ1) is 8.24. The van der Waals surface area contributed by atoms with Crippen molar-refractivity contribution in [2.45, 2.75) is 33.6 Å². The summed E-state index contributed by atoms with van der Waals surface area (Å²) in [4.78, 5) is 16.2. The van der Waals surface area contributed by atoms with Gasteiger partial charge in [0.05, 0.1) is 0 Å². The Kier molecular flexibility index (Phi) is 5.40. The van der Waals surface area contributed by atoms with Crippen molar-refractivity contribution in [3.63, 3.8) is 0 Å². The number of carbonyl (C=O) groups excluding carboxylic acids is 1. The summed E-state index contributed by atoms with van der Waals surface area (Å²) in [5.74, 6) is -0.0877. The van der Waals surface area contributed by atoms with Gasteiger partial charge in [0.2, 0.25) is 0 Å². The van der Waals surface area contributed by atoms with E-state index in [4.69, 9.17) is 0 Å². The normalized spacial score (nSPS) is 10.8. The van der Waals surface area contributed by atoms with Gasteiger partial charge in [-0.2, -0.15) is 0 Å². The van der Waals surface area contributed by atoms with Gasteiger partial charge in [0.1, 0.15) is 5.69 Å². The molecule has 1 aromatic heterocycles. The van der Waals surface area contributed by atoms with Crippen LogP contribution in [0.25, 0.3) is 6.08 Å². The van der Waals surface area contributed by atoms with Crippen LogP contribution < -0.4 is 5.32 Å². The Morgan fingerprint density at radius 1 is 1.47 bits per heavy atom. The Balaban J connectivity index is 3.09. The number of aromatic nitrogens is 1. The zero-order valence-electron chi connectivity index (χ0n) is 10.8. The summed E-state index contributed by atoms with van der Waals surface area (Å²) < 4.78 is 0. The van der Waals surface area contributed by atoms with Crippen molar-refractivity contribution in [1.29, 1.82) is 0 Å². The number of aryl methyl sites for hydroxylation is 1. The van der Waals surface area contributed by atoms with Gasteiger partial charge in [-0.15, -0.1) is 0 Å². The van der Waals surface area contributed by atoms with E-state index in [1.165, 1.54) is 0 Å². The van der Waals surface area contributed by atoms with Gasteiger partial charge in [-0.3, -0.25) is 9.78 Å². The van der Waals surface area contributed by atoms with E-state index in [-0.39, 0.29) is 5.91 Å². The Morgan fingerprint density at radius 3 is 2.82 bits per heavy atom. The van der Waals surface area contributed by atoms with Gasteiger partial charge < -0.3 is 5.32 Å². The lowest BCUT2D eigenvalue weighted by Crippen LogP contribution is -2.26. The highest BCUT2D eigenvalue weighted by Crippen LogP contribution is 2.15. The molecular formula is C14H20N2O. The summed E-state index contributed by atoms with van der Waals surface area (Å²) >= 11 is 0. The van der Waals surface area contributed by atoms with E-state index in [1.54, 1.807) is 6.20 Å². The first kappa shape index (κ1) is 13.4. The third-order valence-electron chi connectivity index (χ3n) is 2.55. The summed E-state index contributed by atoms with van der Waals surface area (Å²) in [6.07, 6.45) is 7.42. The zero-order valence-corrected chi connectivity index (χ0v) is 10.8. The Labute approximate surface area is 103 Å². The van der Waals surface area contributed by atoms with Crippen LogP contribution >= 0.6 is 0 Å². The molecular weight excluding hydrogens is 212 g/mol. The molecule has 1 heterocycles. The second kappa shape index (κ2) is 6.84. The average molecular weight is 232 g/mol. The minimum atomic E-state index is -0.0877. The van der Waals surface area contributed by atoms with E-state index in [2.05, 4.69) is 17.2 Å². The van der Waals surface area contributed by atoms with Crippen molar-refractivity contribution in [2.75, 3.05) is 6.54 Å². The van der Waals surface area contributed by atoms with Gasteiger partial charge >= 0.3 is 0 Å². The second-order valence-electron chi connectivity index (χ2n) is 3.84. The first-order valence-corrected chi connectivity index (χ1v) is 6.13. The predicted molar refractivity (Wildman–Crippen MR) is 70.9 cm³/mol. The van der Waals surface area contributed by atoms with Crippen molar-refractivity contribution in [3.05, 3.63) is 35.2 Å². The van der Waals surface area contributed by atoms with Crippen LogP contribution in [-0.2, 0) is 6.42 Å². The molecule has 0 spiro atoms. The molecule has 0 saturated carbocycles. The maximum absolute atomic E-state index is 12.0. The molecule has 3 heteroatoms. The number of pyridine rings is 1. The molecule has 0 fully saturated rings. The van der Waals surface area contributed by atoms with Crippen molar-refractivity contribution in [2.24, 2.45) is 0 Å². The molecule has 0 saturated heterocycles. The molecule has 0 aromatic carbocycles. The number of allylic oxidation sites excluding steroid dienone is 1. The molecule has 0 atom stereocenters. The van der Waals surface area contributed by atoms with Crippen LogP contribution in [0.3, 0.4) is 0 Å². The van der Waals surface area contributed by atoms with Crippen LogP contribution in [0.5, 0.6) is 0 Å². The van der Waals surface area contributed by atoms with E-state index in [0.717, 1.165) is 24.0 Å². The van der Waals surface area contributed by atoms with E-state index < -0.39 is 0 Å². The number of carbonyl (C=O) groups is 1. The standard InChI is InChI=1S/C14H20N2O/c1-4-7-12-11(6-3)8-10-15-13(12)14(17)16-9-5-2/h4,7-8,10H,5-6,9H2,1-3H3,(H,16,17)/b7-4-. The summed E-state index contributed by atoms with van der Waals surface area (Å²) in [5, 5.41) is 2.86. The molecule has 1 rings (SSSR count). The van der Waals surface area contributed by atoms with Gasteiger partial charge in [0, 0.05) is 18.3 Å². The maximum Gasteiger partial charge on any atom is 0.270 e. The Hall–Kier alpha value is -1.64. The minimum Gasteiger partial charge on any atom is -0.351 e. The zero-order chi connectivity index (χ0) is 12.7. The SMILES string of the molecule is C/C=C\c1c(CC)ccnc1C(=O)NCCC. The van der Waals surface area contributed by atoms with Crippen LogP contribution in [0.1, 0.15) is 48.8 Å². The number of hydrogen-bond donors (Lipinski definition) is 1. The molecule has 0 aliphatic rings. The van der Waals surface area contributed by atoms with E-state index >= 15 is 0 Å². The number of nitrogens with one attached hydrogen (secondary N) is 1. The fourth-order valence-corrected chi connectivity index (χ4v) is 1.68. The van der Waals surface area contributed by atoms with Crippen LogP contribution in [0.2, 0.25) is 0 Å². The monoisotopic (exact) mass is 232 g/mol. The molecule has 17 heavy (non-hydrogen) atoms. The molecule has 92 valence electrons. The third kappa shape index (κ3) is 3.41. The maximum atomic E-state index is 12.0. The molecule has 1 aromatic rings. The fourth-order valence-electron chi connectivity index (χ4n) is 1.68. The molecule has 0 aliphatic carbocycles. The number of nitrogens with zero attached hydrogens (tertiary/aromatic N) is 1. The molecule has 0 unspecified atom stereocenters. The number of hydrogen-bond acceptors (Lipinski definition) is 2. The topological polar surface area (TPSA) is 42.0 Å². The lowest BCUT2D eigenvalue weighted by atomic mass is 10.0. The quantitative estimate of drug-likeness (QED) is 0.848. The number of rotatable bonds is 5. The average Bonchev–Trinajstić information content (AvgIpc) is 2.36. The van der Waals surface area contributed by atoms with Gasteiger partial charge in [-0.25, -0.2) is 0 Å². The summed E-state index contributed by atoms with van der Waals surface area (Å²) in [5.41, 5.74) is 2.61. The largest absolute Gasteiger partial charge is 0.351 e. The molecule has 1 amide bonds. The number of amides is 1. The summed E-state index contributed by atoms with van der Waals surface area (Å²) in [6.45, 7) is 6.74. The van der Waals surface area contributed by atoms with Gasteiger partial charge in [-0.05, 0) is 31.4 Å². The second-order valence-corrected chi connectivity index (χ2v) is 3.84. The van der Waals surface area contributed by atoms with E-state index in [0.29, 0.717) is 12.2 Å². The minimum absolute atomic E-state index is 0.0877. The highest BCUT2D eigenvalue weighted by molar-refractivity contribution is 5.96. The summed E-state index contributed by atoms with van der Waals surface area (Å²) in [6, 6.07) is 1.96. The van der Waals surface area contributed by atoms with Crippen LogP contribution in [0.4, 0.5) is 0 Å². The van der Waals surface area contributed by atoms with Gasteiger partial charge in [-0.1, -0.05) is 26.0 Å². The van der Waals surface area contributed by atoms with E-state index in [1.807, 2.05) is 32.1 Å². The molecule has 0 radical (unpaired) electrons. The van der Waals surface area contributed by atoms with E-state index in [9.17, 15) is 4.79 Å². The van der Waals surface area contributed by atoms with Gasteiger partial charge in [0.25, 0.3) is 5.91 Å². The lowest BCUT2D eigenvalue weighted by Gasteiger charge is -2.09. The molecule has 3 nitrogen and oxygen atoms in total. The van der Waals surface area contributed by atoms with Crippen molar-refractivity contribution < 1.29 is 4.79 Å². The Morgan fingerprint density at radius 2 is 2.24 bits per heavy atom. The highest BCUT2D eigenvalue weighted by atomic mass is 16.1. The predicted octanol–water partition coefficient (Wildman–Crippen LogP) is 2.82. The van der Waals surface area contributed by atoms with Crippen molar-refractivity contribution in [3.8, 4) is 0 Å². The first-order valence-electron chi connectivity index (χ1n) is 6.13. The van der Waals surface area contributed by atoms with Crippen LogP contribution in [-0.4, -0.2) is 17.4 Å². The molecule has 0 aliphatic heterocycles. The lowest BCUT2D eigenvalue weighted by molar-refractivity contribution is 0.0948. The molecule has 1 N–H and O–H groups in total. The Bertz CT molecular complexity index is 411. The highest BCUT2D eigenvalue weighted by Gasteiger charge is 2.13. The fraction of sp³-hybridized carbons (Fsp3) is 0.429. The van der Waals surface area contributed by atoms with Crippen molar-refractivity contribution in [1.82, 2.24) is 10.3 Å². The van der Waals surface area contributed by atoms with Crippen molar-refractivity contribution >= 4 is 12.0 Å². The van der Waals surface area contributed by atoms with Gasteiger partial charge in [0.15, 0.2) is 0 Å². The van der Waals surface area contributed by atoms with Crippen LogP contribution in [0.15, 0.2) is 18.3 Å².